The minimum atomic E-state index is -5.42. The van der Waals surface area contributed by atoms with Crippen molar-refractivity contribution in [2.24, 2.45) is 38.9 Å². The van der Waals surface area contributed by atoms with Gasteiger partial charge in [-0.05, 0) is 111 Å². The van der Waals surface area contributed by atoms with Gasteiger partial charge in [-0.15, -0.1) is 0 Å². The molecule has 117 heavy (non-hydrogen) atoms. The van der Waals surface area contributed by atoms with E-state index in [9.17, 15) is 75.9 Å². The van der Waals surface area contributed by atoms with E-state index in [4.69, 9.17) is 21.9 Å². The molecular formula is C75H109BrN18O22S. The number of aliphatic hydroxyl groups excluding tert-OH is 1. The number of likely N-dealkylation sites (N-methyl/N-ethyl adjacent to an activating group) is 1. The number of hydrogen-bond donors (Lipinski definition) is 17. The van der Waals surface area contributed by atoms with Crippen LogP contribution >= 0.6 is 15.9 Å². The number of rotatable bonds is 35. The first-order chi connectivity index (χ1) is 54.7. The third-order valence-corrected chi connectivity index (χ3v) is 22.1. The zero-order chi connectivity index (χ0) is 87.5. The second kappa shape index (κ2) is 41.8. The first kappa shape index (κ1) is 95.0. The van der Waals surface area contributed by atoms with Gasteiger partial charge in [0, 0.05) is 61.1 Å². The van der Waals surface area contributed by atoms with E-state index in [1.807, 2.05) is 0 Å². The molecule has 644 valence electrons. The number of aromatic amines is 1. The summed E-state index contributed by atoms with van der Waals surface area (Å²) in [4.78, 5) is 237. The van der Waals surface area contributed by atoms with E-state index in [2.05, 4.69) is 79.1 Å². The number of nitrogens with two attached hydrogens (primary N) is 3. The lowest BCUT2D eigenvalue weighted by molar-refractivity contribution is -0.161. The Morgan fingerprint density at radius 1 is 0.769 bits per heavy atom. The highest BCUT2D eigenvalue weighted by atomic mass is 79.9. The SMILES string of the molecule is CCC(C)(C)[C@H](NC(=O)[C@H](NC(=O)[C@@H]1CCCN1C(=O)[C@H](NC(=O)[C@@H](C)NC=O)[C@H](O)c1ccc(Br)cc1)C(C)(C)C)C(=O)N[C@H](Cc1c[nH]c2ccccc12)C(=O)N[C@@H](CCCN=C(N)N)C(=O)N[C@H](CS(=O)(=O)O)C(=O)N[C@@H]1C(=O)N(C)[C@@H](CCC(N)=O)C(=O)N[C@H](C(C)C)C(=O)N2CCC[C@H]2C(=O)N[C@H](CC(=O)O)C(=O)O[C@@H]1C. The Kier molecular flexibility index (Phi) is 33.9. The van der Waals surface area contributed by atoms with Crippen LogP contribution < -0.4 is 70.4 Å². The Morgan fingerprint density at radius 3 is 2.00 bits per heavy atom. The lowest BCUT2D eigenvalue weighted by Crippen LogP contribution is -2.64. The normalized spacial score (nSPS) is 21.2. The number of carbonyl (C=O) groups excluding carboxylic acids is 15. The highest BCUT2D eigenvalue weighted by Gasteiger charge is 2.48. The van der Waals surface area contributed by atoms with Crippen molar-refractivity contribution in [2.75, 3.05) is 32.4 Å². The summed E-state index contributed by atoms with van der Waals surface area (Å²) in [6.45, 7) is 15.0. The number of aliphatic imine (C=N–C) groups is 1. The van der Waals surface area contributed by atoms with E-state index in [0.29, 0.717) is 25.8 Å². The summed E-state index contributed by atoms with van der Waals surface area (Å²) in [5, 5.41) is 47.2. The van der Waals surface area contributed by atoms with Crippen LogP contribution in [0.1, 0.15) is 151 Å². The molecular weight excluding hydrogens is 1620 g/mol. The molecule has 4 heterocycles. The molecule has 20 N–H and O–H groups in total. The molecule has 3 aliphatic heterocycles. The maximum atomic E-state index is 15.4. The number of ether oxygens (including phenoxy) is 1. The van der Waals surface area contributed by atoms with Crippen LogP contribution in [0, 0.1) is 16.7 Å². The Balaban J connectivity index is 1.36. The van der Waals surface area contributed by atoms with Gasteiger partial charge in [0.1, 0.15) is 96.5 Å². The van der Waals surface area contributed by atoms with Crippen LogP contribution in [0.15, 0.2) is 64.2 Å². The van der Waals surface area contributed by atoms with Crippen LogP contribution in [-0.4, -0.2) is 261 Å². The van der Waals surface area contributed by atoms with Crippen molar-refractivity contribution in [2.45, 2.75) is 231 Å². The summed E-state index contributed by atoms with van der Waals surface area (Å²) in [7, 11) is -4.41. The van der Waals surface area contributed by atoms with Crippen LogP contribution in [0.5, 0.6) is 0 Å². The fourth-order valence-electron chi connectivity index (χ4n) is 13.7. The molecule has 40 nitrogen and oxygen atoms in total. The molecule has 1 aromatic heterocycles. The number of likely N-dealkylation sites (tertiary alicyclic amines) is 1. The smallest absolute Gasteiger partial charge is 0.329 e. The summed E-state index contributed by atoms with van der Waals surface area (Å²) in [6, 6.07) is -9.16. The Bertz CT molecular complexity index is 4320. The largest absolute Gasteiger partial charge is 0.481 e. The van der Waals surface area contributed by atoms with Crippen molar-refractivity contribution in [3.8, 4) is 0 Å². The van der Waals surface area contributed by atoms with Crippen molar-refractivity contribution >= 4 is 138 Å². The number of esters is 1. The number of aliphatic carboxylic acids is 1. The van der Waals surface area contributed by atoms with Crippen molar-refractivity contribution in [3.63, 3.8) is 0 Å². The van der Waals surface area contributed by atoms with Gasteiger partial charge in [-0.3, -0.25) is 81.5 Å². The van der Waals surface area contributed by atoms with E-state index in [1.165, 1.54) is 19.1 Å². The van der Waals surface area contributed by atoms with Gasteiger partial charge in [-0.25, -0.2) is 4.79 Å². The molecule has 3 aromatic rings. The molecule has 0 unspecified atom stereocenters. The van der Waals surface area contributed by atoms with Gasteiger partial charge in [-0.1, -0.05) is 102 Å². The number of aromatic nitrogens is 1. The second-order valence-corrected chi connectivity index (χ2v) is 33.8. The van der Waals surface area contributed by atoms with Crippen molar-refractivity contribution < 1.29 is 105 Å². The van der Waals surface area contributed by atoms with E-state index >= 15 is 24.0 Å². The van der Waals surface area contributed by atoms with Crippen molar-refractivity contribution in [3.05, 3.63) is 70.3 Å². The van der Waals surface area contributed by atoms with Gasteiger partial charge >= 0.3 is 11.9 Å². The van der Waals surface area contributed by atoms with Gasteiger partial charge in [0.05, 0.1) is 6.42 Å². The third-order valence-electron chi connectivity index (χ3n) is 20.8. The van der Waals surface area contributed by atoms with Gasteiger partial charge in [0.15, 0.2) is 5.96 Å². The zero-order valence-electron chi connectivity index (χ0n) is 67.0. The van der Waals surface area contributed by atoms with E-state index < -0.39 is 244 Å². The number of nitrogens with zero attached hydrogens (tertiary/aromatic N) is 4. The summed E-state index contributed by atoms with van der Waals surface area (Å²) in [6.07, 6.45) is -4.41. The highest BCUT2D eigenvalue weighted by molar-refractivity contribution is 9.10. The molecule has 0 bridgehead atoms. The summed E-state index contributed by atoms with van der Waals surface area (Å²) in [5.74, 6) is -19.8. The van der Waals surface area contributed by atoms with Crippen LogP contribution in [-0.2, 0) is 98.0 Å². The number of amides is 14. The predicted octanol–water partition coefficient (Wildman–Crippen LogP) is -2.72. The van der Waals surface area contributed by atoms with Crippen LogP contribution in [0.25, 0.3) is 10.9 Å². The number of carbonyl (C=O) groups is 16. The van der Waals surface area contributed by atoms with E-state index in [1.54, 1.807) is 98.0 Å². The van der Waals surface area contributed by atoms with E-state index in [-0.39, 0.29) is 76.6 Å². The first-order valence-corrected chi connectivity index (χ1v) is 40.6. The molecule has 2 aromatic carbocycles. The third kappa shape index (κ3) is 26.3. The standard InChI is InChI=1S/C75H109BrN18O22S/c1-12-75(9,10)59(91-67(107)58(74(6,7)8)90-66(106)51-22-17-31-94(51)71(111)56(89-60(100)38(4)82-36-95)57(99)40-23-25-42(76)26-24-40)68(108)84-46(32-41-34-81-44-19-14-13-18-43(41)44)62(102)83-45(20-15-29-80-73(78)79)61(101)86-48(35-117(113,114)115)63(103)88-55-39(5)116-72(112)47(33-53(97)98)85-65(105)50-21-16-30-93(50)70(110)54(37(2)3)87-64(104)49(27-28-52(77)96)92(11)69(55)109/h13-14,18-19,23-26,34,36-39,45-51,54-59,81,99H,12,15-17,20-22,27-33,35H2,1-11H3,(H2,77,96)(H,82,95)(H,83,102)(H,84,108)(H,85,105)(H,86,101)(H,87,104)(H,88,103)(H,89,100)(H,90,106)(H,91,107)(H,97,98)(H4,78,79,80)(H,113,114,115)/t38-,39-,45+,46-,47-,48-,49+,50+,51+,54-,55+,56-,57-,58+,59-/m1/s1. The maximum Gasteiger partial charge on any atom is 0.329 e. The molecule has 0 saturated carbocycles. The predicted molar refractivity (Wildman–Crippen MR) is 424 cm³/mol. The molecule has 0 aliphatic carbocycles. The summed E-state index contributed by atoms with van der Waals surface area (Å²) >= 11 is 3.33. The Morgan fingerprint density at radius 2 is 1.39 bits per heavy atom. The Hall–Kier alpha value is -10.9. The number of hydrogen-bond acceptors (Lipinski definition) is 21. The lowest BCUT2D eigenvalue weighted by Gasteiger charge is -2.38. The fourth-order valence-corrected chi connectivity index (χ4v) is 14.6. The zero-order valence-corrected chi connectivity index (χ0v) is 69.4. The highest BCUT2D eigenvalue weighted by Crippen LogP contribution is 2.31. The number of fused-ring (bicyclic) bond motifs is 2. The Labute approximate surface area is 684 Å². The quantitative estimate of drug-likeness (QED) is 0.00710. The first-order valence-electron chi connectivity index (χ1n) is 38.2. The van der Waals surface area contributed by atoms with Crippen LogP contribution in [0.3, 0.4) is 0 Å². The number of nitrogens with one attached hydrogen (secondary N) is 11. The number of cyclic esters (lactones) is 1. The summed E-state index contributed by atoms with van der Waals surface area (Å²) < 4.78 is 42.8. The minimum absolute atomic E-state index is 0.0131. The number of carboxylic acid groups (broad SMARTS) is 1. The van der Waals surface area contributed by atoms with Gasteiger partial charge in [-0.2, -0.15) is 8.42 Å². The molecule has 3 aliphatic rings. The average molecular weight is 1730 g/mol. The van der Waals surface area contributed by atoms with Crippen molar-refractivity contribution in [1.29, 1.82) is 0 Å². The molecule has 6 rings (SSSR count). The molecule has 3 fully saturated rings. The van der Waals surface area contributed by atoms with Gasteiger partial charge in [0.2, 0.25) is 83.2 Å². The minimum Gasteiger partial charge on any atom is -0.481 e. The molecule has 0 radical (unpaired) electrons. The molecule has 42 heteroatoms. The number of H-pyrrole nitrogens is 1. The molecule has 3 saturated heterocycles. The van der Waals surface area contributed by atoms with Crippen LogP contribution in [0.2, 0.25) is 0 Å². The molecule has 15 atom stereocenters. The van der Waals surface area contributed by atoms with Gasteiger partial charge in [0.25, 0.3) is 10.1 Å². The fraction of sp³-hybridized carbons (Fsp3) is 0.587. The lowest BCUT2D eigenvalue weighted by atomic mass is 9.80. The van der Waals surface area contributed by atoms with Crippen molar-refractivity contribution in [1.82, 2.24) is 72.9 Å². The monoisotopic (exact) mass is 1720 g/mol. The number of primary amides is 1. The van der Waals surface area contributed by atoms with Crippen LogP contribution in [0.4, 0.5) is 0 Å². The maximum absolute atomic E-state index is 15.4. The number of para-hydroxylation sites is 1. The topological polar surface area (TPSA) is 613 Å². The number of guanidine groups is 1. The average Bonchev–Trinajstić information content (AvgIpc) is 1.80. The number of aliphatic hydroxyl groups is 1. The molecule has 14 amide bonds. The second-order valence-electron chi connectivity index (χ2n) is 31.4. The van der Waals surface area contributed by atoms with E-state index in [0.717, 1.165) is 23.8 Å². The molecule has 0 spiro atoms. The van der Waals surface area contributed by atoms with Gasteiger partial charge < -0.3 is 105 Å². The number of benzene rings is 2. The number of halogens is 1. The summed E-state index contributed by atoms with van der Waals surface area (Å²) in [5.41, 5.74) is 15.6. The number of carboxylic acids is 1.